The number of quaternary nitrogens is 1. The molecule has 1 aliphatic heterocycles. The molecule has 2 atom stereocenters. The van der Waals surface area contributed by atoms with Gasteiger partial charge in [-0.15, -0.1) is 0 Å². The summed E-state index contributed by atoms with van der Waals surface area (Å²) in [5.41, 5.74) is 4.32. The second-order valence-corrected chi connectivity index (χ2v) is 6.99. The number of hydrogen-bond acceptors (Lipinski definition) is 4. The van der Waals surface area contributed by atoms with Crippen molar-refractivity contribution in [3.8, 4) is 0 Å². The van der Waals surface area contributed by atoms with Gasteiger partial charge in [-0.2, -0.15) is 0 Å². The van der Waals surface area contributed by atoms with Crippen LogP contribution in [-0.4, -0.2) is 49.6 Å². The fourth-order valence-electron chi connectivity index (χ4n) is 2.54. The zero-order chi connectivity index (χ0) is 14.9. The van der Waals surface area contributed by atoms with Crippen LogP contribution in [0.25, 0.3) is 0 Å². The van der Waals surface area contributed by atoms with Gasteiger partial charge in [-0.05, 0) is 5.56 Å². The van der Waals surface area contributed by atoms with E-state index in [9.17, 15) is 18.0 Å². The minimum atomic E-state index is -3.67. The van der Waals surface area contributed by atoms with Gasteiger partial charge in [0.05, 0.1) is 19.1 Å². The summed E-state index contributed by atoms with van der Waals surface area (Å²) in [4.78, 5) is 25.4. The first-order chi connectivity index (χ1) is 9.38. The normalized spacial score (nSPS) is 23.4. The SMILES string of the molecule is CS(=O)(=O)[C@@H]1C(=O)C(=O)N(CC[NH3+])[C@H]1c1ccccc1. The lowest BCUT2D eigenvalue weighted by Gasteiger charge is -2.25. The summed E-state index contributed by atoms with van der Waals surface area (Å²) >= 11 is 0. The van der Waals surface area contributed by atoms with Crippen molar-refractivity contribution in [2.24, 2.45) is 0 Å². The number of nitrogens with zero attached hydrogens (tertiary/aromatic N) is 1. The van der Waals surface area contributed by atoms with E-state index in [1.165, 1.54) is 4.90 Å². The molecule has 0 saturated carbocycles. The molecule has 1 aliphatic rings. The quantitative estimate of drug-likeness (QED) is 0.705. The Hall–Kier alpha value is -1.73. The van der Waals surface area contributed by atoms with Crippen LogP contribution < -0.4 is 5.73 Å². The lowest BCUT2D eigenvalue weighted by Crippen LogP contribution is -2.55. The first-order valence-electron chi connectivity index (χ1n) is 6.25. The van der Waals surface area contributed by atoms with E-state index in [0.717, 1.165) is 6.26 Å². The van der Waals surface area contributed by atoms with Gasteiger partial charge in [-0.3, -0.25) is 9.59 Å². The van der Waals surface area contributed by atoms with Crippen LogP contribution in [0.4, 0.5) is 0 Å². The Morgan fingerprint density at radius 2 is 1.80 bits per heavy atom. The molecule has 2 rings (SSSR count). The van der Waals surface area contributed by atoms with Crippen LogP contribution in [-0.2, 0) is 19.4 Å². The number of rotatable bonds is 4. The van der Waals surface area contributed by atoms with E-state index in [1.807, 2.05) is 0 Å². The van der Waals surface area contributed by atoms with E-state index in [0.29, 0.717) is 12.1 Å². The molecule has 20 heavy (non-hydrogen) atoms. The molecule has 1 saturated heterocycles. The molecule has 1 heterocycles. The van der Waals surface area contributed by atoms with Crippen molar-refractivity contribution >= 4 is 21.5 Å². The molecule has 1 aromatic rings. The van der Waals surface area contributed by atoms with Crippen LogP contribution in [0.1, 0.15) is 11.6 Å². The number of hydrogen-bond donors (Lipinski definition) is 1. The lowest BCUT2D eigenvalue weighted by atomic mass is 10.0. The number of benzene rings is 1. The van der Waals surface area contributed by atoms with E-state index >= 15 is 0 Å². The maximum atomic E-state index is 12.0. The predicted octanol–water partition coefficient (Wildman–Crippen LogP) is -1.21. The van der Waals surface area contributed by atoms with Gasteiger partial charge in [0.1, 0.15) is 0 Å². The van der Waals surface area contributed by atoms with E-state index in [-0.39, 0.29) is 6.54 Å². The van der Waals surface area contributed by atoms with Gasteiger partial charge >= 0.3 is 0 Å². The fraction of sp³-hybridized carbons (Fsp3) is 0.385. The molecule has 108 valence electrons. The summed E-state index contributed by atoms with van der Waals surface area (Å²) in [6, 6.07) is 8.00. The average Bonchev–Trinajstić information content (AvgIpc) is 2.65. The molecule has 1 fully saturated rings. The number of sulfone groups is 1. The molecule has 0 aromatic heterocycles. The third-order valence-electron chi connectivity index (χ3n) is 3.35. The first-order valence-corrected chi connectivity index (χ1v) is 8.21. The maximum absolute atomic E-state index is 12.0. The van der Waals surface area contributed by atoms with Gasteiger partial charge in [0, 0.05) is 6.26 Å². The van der Waals surface area contributed by atoms with Crippen molar-refractivity contribution in [2.45, 2.75) is 11.3 Å². The molecular formula is C13H17N2O4S+. The summed E-state index contributed by atoms with van der Waals surface area (Å²) in [7, 11) is -3.67. The molecular weight excluding hydrogens is 280 g/mol. The standard InChI is InChI=1S/C13H16N2O4S/c1-20(18,19)12-10(9-5-3-2-4-6-9)15(8-7-14)13(17)11(12)16/h2-6,10,12H,7-8,14H2,1H3/p+1/t10-,12-/m0/s1. The van der Waals surface area contributed by atoms with E-state index in [4.69, 9.17) is 0 Å². The maximum Gasteiger partial charge on any atom is 0.292 e. The Kier molecular flexibility index (Phi) is 3.92. The number of likely N-dealkylation sites (tertiary alicyclic amines) is 1. The molecule has 0 aliphatic carbocycles. The minimum Gasteiger partial charge on any atom is -0.356 e. The molecule has 0 unspecified atom stereocenters. The Morgan fingerprint density at radius 1 is 1.20 bits per heavy atom. The van der Waals surface area contributed by atoms with Crippen LogP contribution in [0.15, 0.2) is 30.3 Å². The minimum absolute atomic E-state index is 0.260. The Labute approximate surface area is 117 Å². The fourth-order valence-corrected chi connectivity index (χ4v) is 3.80. The highest BCUT2D eigenvalue weighted by Gasteiger charge is 2.52. The molecule has 0 bridgehead atoms. The number of Topliss-reactive ketones (excluding diaryl/α,β-unsaturated/α-hetero) is 1. The lowest BCUT2D eigenvalue weighted by molar-refractivity contribution is -0.368. The van der Waals surface area contributed by atoms with Crippen molar-refractivity contribution in [3.63, 3.8) is 0 Å². The van der Waals surface area contributed by atoms with Crippen molar-refractivity contribution in [3.05, 3.63) is 35.9 Å². The molecule has 6 nitrogen and oxygen atoms in total. The smallest absolute Gasteiger partial charge is 0.292 e. The molecule has 1 amide bonds. The second kappa shape index (κ2) is 5.34. The number of amides is 1. The molecule has 1 aromatic carbocycles. The van der Waals surface area contributed by atoms with E-state index < -0.39 is 32.8 Å². The van der Waals surface area contributed by atoms with E-state index in [2.05, 4.69) is 5.73 Å². The summed E-state index contributed by atoms with van der Waals surface area (Å²) in [6.07, 6.45) is 0.993. The van der Waals surface area contributed by atoms with Crippen LogP contribution in [0.3, 0.4) is 0 Å². The van der Waals surface area contributed by atoms with Crippen LogP contribution in [0.5, 0.6) is 0 Å². The van der Waals surface area contributed by atoms with Gasteiger partial charge in [-0.1, -0.05) is 30.3 Å². The summed E-state index contributed by atoms with van der Waals surface area (Å²) in [5, 5.41) is -1.33. The average molecular weight is 297 g/mol. The Balaban J connectivity index is 2.55. The zero-order valence-electron chi connectivity index (χ0n) is 11.2. The summed E-state index contributed by atoms with van der Waals surface area (Å²) < 4.78 is 23.8. The van der Waals surface area contributed by atoms with Gasteiger partial charge in [0.25, 0.3) is 5.91 Å². The number of carbonyl (C=O) groups excluding carboxylic acids is 2. The number of ketones is 1. The number of carbonyl (C=O) groups is 2. The van der Waals surface area contributed by atoms with Crippen LogP contribution in [0.2, 0.25) is 0 Å². The van der Waals surface area contributed by atoms with Crippen molar-refractivity contribution in [1.82, 2.24) is 4.90 Å². The summed E-state index contributed by atoms with van der Waals surface area (Å²) in [6.45, 7) is 0.676. The second-order valence-electron chi connectivity index (χ2n) is 4.82. The van der Waals surface area contributed by atoms with Crippen molar-refractivity contribution in [2.75, 3.05) is 19.3 Å². The van der Waals surface area contributed by atoms with Crippen LogP contribution >= 0.6 is 0 Å². The van der Waals surface area contributed by atoms with Crippen molar-refractivity contribution in [1.29, 1.82) is 0 Å². The molecule has 3 N–H and O–H groups in total. The first kappa shape index (κ1) is 14.7. The molecule has 0 spiro atoms. The highest BCUT2D eigenvalue weighted by atomic mass is 32.2. The Morgan fingerprint density at radius 3 is 2.30 bits per heavy atom. The van der Waals surface area contributed by atoms with Crippen LogP contribution in [0, 0.1) is 0 Å². The molecule has 7 heteroatoms. The third-order valence-corrected chi connectivity index (χ3v) is 4.75. The Bertz CT molecular complexity index is 627. The predicted molar refractivity (Wildman–Crippen MR) is 72.3 cm³/mol. The van der Waals surface area contributed by atoms with Gasteiger partial charge in [-0.25, -0.2) is 8.42 Å². The van der Waals surface area contributed by atoms with Crippen molar-refractivity contribution < 1.29 is 23.7 Å². The highest BCUT2D eigenvalue weighted by Crippen LogP contribution is 2.34. The van der Waals surface area contributed by atoms with Gasteiger partial charge < -0.3 is 10.6 Å². The largest absolute Gasteiger partial charge is 0.356 e. The van der Waals surface area contributed by atoms with E-state index in [1.54, 1.807) is 30.3 Å². The topological polar surface area (TPSA) is 99.2 Å². The van der Waals surface area contributed by atoms with Gasteiger partial charge in [0.2, 0.25) is 5.78 Å². The summed E-state index contributed by atoms with van der Waals surface area (Å²) in [5.74, 6) is -1.59. The van der Waals surface area contributed by atoms with Gasteiger partial charge in [0.15, 0.2) is 15.1 Å². The highest BCUT2D eigenvalue weighted by molar-refractivity contribution is 7.92. The molecule has 0 radical (unpaired) electrons. The third kappa shape index (κ3) is 2.46. The monoisotopic (exact) mass is 297 g/mol. The zero-order valence-corrected chi connectivity index (χ0v) is 12.0.